The van der Waals surface area contributed by atoms with Crippen molar-refractivity contribution < 1.29 is 9.47 Å². The number of anilines is 1. The summed E-state index contributed by atoms with van der Waals surface area (Å²) in [5.41, 5.74) is 1.13. The Morgan fingerprint density at radius 3 is 2.79 bits per heavy atom. The molecule has 0 spiro atoms. The molecule has 0 atom stereocenters. The molecule has 0 saturated carbocycles. The van der Waals surface area contributed by atoms with Crippen molar-refractivity contribution in [3.63, 3.8) is 0 Å². The van der Waals surface area contributed by atoms with E-state index in [1.165, 1.54) is 0 Å². The maximum Gasteiger partial charge on any atom is 0.126 e. The monoisotopic (exact) mass is 391 g/mol. The SMILES string of the molecule is Brc1ccc(NCc2ccccc2OCCN2CCOCC2)nc1. The van der Waals surface area contributed by atoms with Gasteiger partial charge in [0.25, 0.3) is 0 Å². The highest BCUT2D eigenvalue weighted by molar-refractivity contribution is 9.10. The molecule has 128 valence electrons. The van der Waals surface area contributed by atoms with E-state index in [1.807, 2.05) is 30.3 Å². The van der Waals surface area contributed by atoms with Gasteiger partial charge < -0.3 is 14.8 Å². The zero-order valence-corrected chi connectivity index (χ0v) is 15.2. The number of pyridine rings is 1. The number of morpholine rings is 1. The van der Waals surface area contributed by atoms with E-state index in [0.717, 1.165) is 54.5 Å². The number of hydrogen-bond donors (Lipinski definition) is 1. The molecule has 0 unspecified atom stereocenters. The quantitative estimate of drug-likeness (QED) is 0.785. The van der Waals surface area contributed by atoms with Gasteiger partial charge in [-0.05, 0) is 34.1 Å². The van der Waals surface area contributed by atoms with Gasteiger partial charge in [-0.15, -0.1) is 0 Å². The first-order valence-electron chi connectivity index (χ1n) is 8.17. The van der Waals surface area contributed by atoms with Crippen molar-refractivity contribution in [3.8, 4) is 5.75 Å². The third-order valence-corrected chi connectivity index (χ3v) is 4.40. The second kappa shape index (κ2) is 9.01. The molecule has 1 aliphatic rings. The highest BCUT2D eigenvalue weighted by Crippen LogP contribution is 2.19. The van der Waals surface area contributed by atoms with Crippen LogP contribution in [0.4, 0.5) is 5.82 Å². The van der Waals surface area contributed by atoms with Gasteiger partial charge in [-0.25, -0.2) is 4.98 Å². The standard InChI is InChI=1S/C18H22BrN3O2/c19-16-5-6-18(21-14-16)20-13-15-3-1-2-4-17(15)24-12-9-22-7-10-23-11-8-22/h1-6,14H,7-13H2,(H,20,21). The summed E-state index contributed by atoms with van der Waals surface area (Å²) in [6.45, 7) is 5.92. The Morgan fingerprint density at radius 1 is 1.17 bits per heavy atom. The van der Waals surface area contributed by atoms with Crippen molar-refractivity contribution in [2.45, 2.75) is 6.54 Å². The third-order valence-electron chi connectivity index (χ3n) is 3.93. The van der Waals surface area contributed by atoms with Gasteiger partial charge in [0.05, 0.1) is 13.2 Å². The van der Waals surface area contributed by atoms with E-state index < -0.39 is 0 Å². The van der Waals surface area contributed by atoms with Crippen LogP contribution in [-0.2, 0) is 11.3 Å². The lowest BCUT2D eigenvalue weighted by Crippen LogP contribution is -2.38. The van der Waals surface area contributed by atoms with E-state index in [9.17, 15) is 0 Å². The van der Waals surface area contributed by atoms with Crippen molar-refractivity contribution in [3.05, 3.63) is 52.6 Å². The van der Waals surface area contributed by atoms with Crippen LogP contribution in [0, 0.1) is 0 Å². The number of nitrogens with one attached hydrogen (secondary N) is 1. The molecule has 3 rings (SSSR count). The molecule has 0 amide bonds. The van der Waals surface area contributed by atoms with Gasteiger partial charge in [0, 0.05) is 42.4 Å². The van der Waals surface area contributed by atoms with Crippen LogP contribution in [0.15, 0.2) is 47.1 Å². The summed E-state index contributed by atoms with van der Waals surface area (Å²) in [6.07, 6.45) is 1.78. The normalized spacial score (nSPS) is 15.2. The molecular formula is C18H22BrN3O2. The average molecular weight is 392 g/mol. The lowest BCUT2D eigenvalue weighted by Gasteiger charge is -2.26. The zero-order chi connectivity index (χ0) is 16.6. The number of aromatic nitrogens is 1. The Bertz CT molecular complexity index is 630. The Kier molecular flexibility index (Phi) is 6.46. The molecule has 1 fully saturated rings. The van der Waals surface area contributed by atoms with Crippen molar-refractivity contribution in [2.75, 3.05) is 44.8 Å². The van der Waals surface area contributed by atoms with Crippen LogP contribution in [0.2, 0.25) is 0 Å². The van der Waals surface area contributed by atoms with Crippen LogP contribution >= 0.6 is 15.9 Å². The number of benzene rings is 1. The molecule has 1 aliphatic heterocycles. The summed E-state index contributed by atoms with van der Waals surface area (Å²) < 4.78 is 12.3. The Labute approximate surface area is 151 Å². The molecule has 24 heavy (non-hydrogen) atoms. The first-order valence-corrected chi connectivity index (χ1v) is 8.97. The first-order chi connectivity index (χ1) is 11.8. The minimum absolute atomic E-state index is 0.683. The third kappa shape index (κ3) is 5.19. The molecule has 0 aliphatic carbocycles. The van der Waals surface area contributed by atoms with E-state index in [-0.39, 0.29) is 0 Å². The maximum absolute atomic E-state index is 6.00. The van der Waals surface area contributed by atoms with E-state index in [1.54, 1.807) is 6.20 Å². The lowest BCUT2D eigenvalue weighted by atomic mass is 10.2. The molecule has 0 radical (unpaired) electrons. The van der Waals surface area contributed by atoms with Gasteiger partial charge in [-0.2, -0.15) is 0 Å². The number of rotatable bonds is 7. The van der Waals surface area contributed by atoms with Gasteiger partial charge in [0.1, 0.15) is 18.2 Å². The number of ether oxygens (including phenoxy) is 2. The number of hydrogen-bond acceptors (Lipinski definition) is 5. The summed E-state index contributed by atoms with van der Waals surface area (Å²) in [4.78, 5) is 6.70. The Hall–Kier alpha value is -1.63. The lowest BCUT2D eigenvalue weighted by molar-refractivity contribution is 0.0322. The molecule has 2 aromatic rings. The Balaban J connectivity index is 1.51. The molecule has 1 aromatic heterocycles. The van der Waals surface area contributed by atoms with Crippen molar-refractivity contribution in [2.24, 2.45) is 0 Å². The second-order valence-corrected chi connectivity index (χ2v) is 6.54. The van der Waals surface area contributed by atoms with Crippen LogP contribution in [-0.4, -0.2) is 49.3 Å². The van der Waals surface area contributed by atoms with Crippen molar-refractivity contribution in [1.82, 2.24) is 9.88 Å². The van der Waals surface area contributed by atoms with Crippen molar-refractivity contribution in [1.29, 1.82) is 0 Å². The minimum Gasteiger partial charge on any atom is -0.492 e. The van der Waals surface area contributed by atoms with Gasteiger partial charge in [0.15, 0.2) is 0 Å². The molecular weight excluding hydrogens is 370 g/mol. The van der Waals surface area contributed by atoms with Gasteiger partial charge in [-0.3, -0.25) is 4.90 Å². The van der Waals surface area contributed by atoms with E-state index in [2.05, 4.69) is 37.2 Å². The van der Waals surface area contributed by atoms with Gasteiger partial charge >= 0.3 is 0 Å². The minimum atomic E-state index is 0.683. The van der Waals surface area contributed by atoms with E-state index in [0.29, 0.717) is 13.2 Å². The van der Waals surface area contributed by atoms with E-state index >= 15 is 0 Å². The predicted molar refractivity (Wildman–Crippen MR) is 98.5 cm³/mol. The smallest absolute Gasteiger partial charge is 0.126 e. The molecule has 5 nitrogen and oxygen atoms in total. The number of halogens is 1. The molecule has 0 bridgehead atoms. The van der Waals surface area contributed by atoms with Crippen LogP contribution in [0.25, 0.3) is 0 Å². The first kappa shape index (κ1) is 17.2. The van der Waals surface area contributed by atoms with E-state index in [4.69, 9.17) is 9.47 Å². The molecule has 1 aromatic carbocycles. The zero-order valence-electron chi connectivity index (χ0n) is 13.6. The average Bonchev–Trinajstić information content (AvgIpc) is 2.63. The summed E-state index contributed by atoms with van der Waals surface area (Å²) >= 11 is 3.39. The molecule has 6 heteroatoms. The van der Waals surface area contributed by atoms with Crippen LogP contribution in [0.5, 0.6) is 5.75 Å². The largest absolute Gasteiger partial charge is 0.492 e. The fraction of sp³-hybridized carbons (Fsp3) is 0.389. The summed E-state index contributed by atoms with van der Waals surface area (Å²) in [7, 11) is 0. The van der Waals surface area contributed by atoms with Crippen LogP contribution in [0.3, 0.4) is 0 Å². The number of para-hydroxylation sites is 1. The second-order valence-electron chi connectivity index (χ2n) is 5.63. The Morgan fingerprint density at radius 2 is 2.00 bits per heavy atom. The summed E-state index contributed by atoms with van der Waals surface area (Å²) in [5, 5.41) is 3.33. The highest BCUT2D eigenvalue weighted by atomic mass is 79.9. The highest BCUT2D eigenvalue weighted by Gasteiger charge is 2.10. The maximum atomic E-state index is 6.00. The van der Waals surface area contributed by atoms with Gasteiger partial charge in [0.2, 0.25) is 0 Å². The predicted octanol–water partition coefficient (Wildman–Crippen LogP) is 3.17. The molecule has 1 N–H and O–H groups in total. The fourth-order valence-corrected chi connectivity index (χ4v) is 2.80. The summed E-state index contributed by atoms with van der Waals surface area (Å²) in [6, 6.07) is 12.1. The summed E-state index contributed by atoms with van der Waals surface area (Å²) in [5.74, 6) is 1.77. The molecule has 2 heterocycles. The van der Waals surface area contributed by atoms with Crippen molar-refractivity contribution >= 4 is 21.7 Å². The fourth-order valence-electron chi connectivity index (χ4n) is 2.57. The molecule has 1 saturated heterocycles. The topological polar surface area (TPSA) is 46.6 Å². The van der Waals surface area contributed by atoms with Crippen LogP contribution < -0.4 is 10.1 Å². The number of nitrogens with zero attached hydrogens (tertiary/aromatic N) is 2. The van der Waals surface area contributed by atoms with Crippen LogP contribution in [0.1, 0.15) is 5.56 Å². The van der Waals surface area contributed by atoms with Gasteiger partial charge in [-0.1, -0.05) is 18.2 Å².